The number of hydroxylamine groups is 2. The molecule has 1 aliphatic rings. The maximum Gasteiger partial charge on any atom is 0.363 e. The Bertz CT molecular complexity index is 712. The number of carbonyl (C=O) groups excluding carboxylic acids is 3. The molecule has 1 heterocycles. The first kappa shape index (κ1) is 15.6. The highest BCUT2D eigenvalue weighted by Crippen LogP contribution is 2.19. The summed E-state index contributed by atoms with van der Waals surface area (Å²) >= 11 is -2.78. The molecule has 1 aromatic carbocycles. The van der Waals surface area contributed by atoms with Crippen molar-refractivity contribution in [2.24, 2.45) is 5.11 Å². The Morgan fingerprint density at radius 3 is 2.55 bits per heavy atom. The van der Waals surface area contributed by atoms with Crippen LogP contribution in [0, 0.1) is 0 Å². The van der Waals surface area contributed by atoms with Crippen LogP contribution in [0.1, 0.15) is 16.8 Å². The van der Waals surface area contributed by atoms with E-state index in [0.29, 0.717) is 0 Å². The maximum atomic E-state index is 11.8. The van der Waals surface area contributed by atoms with Crippen molar-refractivity contribution in [2.75, 3.05) is 0 Å². The number of azide groups is 1. The first-order valence-corrected chi connectivity index (χ1v) is 6.90. The molecule has 0 spiro atoms. The number of nitrogens with zero attached hydrogens (tertiary/aromatic N) is 4. The van der Waals surface area contributed by atoms with Crippen LogP contribution in [0.2, 0.25) is 0 Å². The fourth-order valence-electron chi connectivity index (χ4n) is 1.68. The molecule has 0 N–H and O–H groups in total. The lowest BCUT2D eigenvalue weighted by atomic mass is 10.2. The second-order valence-electron chi connectivity index (χ2n) is 4.09. The van der Waals surface area contributed by atoms with E-state index in [4.69, 9.17) is 5.53 Å². The lowest BCUT2D eigenvalue weighted by Gasteiger charge is -2.14. The second kappa shape index (κ2) is 6.35. The number of carbonyl (C=O) groups is 3. The molecule has 0 radical (unpaired) electrons. The fourth-order valence-corrected chi connectivity index (χ4v) is 2.22. The van der Waals surface area contributed by atoms with Crippen molar-refractivity contribution in [1.29, 1.82) is 0 Å². The van der Waals surface area contributed by atoms with Gasteiger partial charge in [-0.3, -0.25) is 13.8 Å². The Morgan fingerprint density at radius 1 is 1.41 bits per heavy atom. The minimum absolute atomic E-state index is 0.0100. The molecule has 1 fully saturated rings. The first-order chi connectivity index (χ1) is 10.4. The number of hydrogen-bond acceptors (Lipinski definition) is 7. The molecule has 10 nitrogen and oxygen atoms in total. The third kappa shape index (κ3) is 3.11. The minimum Gasteiger partial charge on any atom is -0.772 e. The zero-order valence-electron chi connectivity index (χ0n) is 10.7. The summed E-state index contributed by atoms with van der Waals surface area (Å²) in [6.45, 7) is 0. The van der Waals surface area contributed by atoms with Crippen molar-refractivity contribution in [2.45, 2.75) is 11.7 Å². The Labute approximate surface area is 125 Å². The van der Waals surface area contributed by atoms with Crippen molar-refractivity contribution in [3.8, 4) is 0 Å². The summed E-state index contributed by atoms with van der Waals surface area (Å²) in [5.41, 5.74) is 8.50. The van der Waals surface area contributed by atoms with Crippen LogP contribution in [0.5, 0.6) is 0 Å². The van der Waals surface area contributed by atoms with Gasteiger partial charge in [0.1, 0.15) is 5.25 Å². The molecular weight excluding hydrogens is 316 g/mol. The molecule has 114 valence electrons. The predicted molar refractivity (Wildman–Crippen MR) is 69.8 cm³/mol. The highest BCUT2D eigenvalue weighted by Gasteiger charge is 2.42. The monoisotopic (exact) mass is 323 g/mol. The minimum atomic E-state index is -2.78. The van der Waals surface area contributed by atoms with Gasteiger partial charge < -0.3 is 9.39 Å². The zero-order valence-corrected chi connectivity index (χ0v) is 11.6. The van der Waals surface area contributed by atoms with E-state index in [-0.39, 0.29) is 16.3 Å². The molecule has 11 heteroatoms. The first-order valence-electron chi connectivity index (χ1n) is 5.76. The lowest BCUT2D eigenvalue weighted by molar-refractivity contribution is -0.172. The van der Waals surface area contributed by atoms with Gasteiger partial charge in [0.2, 0.25) is 0 Å². The molecule has 0 aromatic heterocycles. The van der Waals surface area contributed by atoms with Crippen molar-refractivity contribution < 1.29 is 28.0 Å². The summed E-state index contributed by atoms with van der Waals surface area (Å²) in [5, 5.41) is 1.90. The highest BCUT2D eigenvalue weighted by atomic mass is 32.2. The SMILES string of the molecule is [N-]=[N+]=Nc1ccc(C(=O)ON2C(=O)CC(S(=O)[O-])C2=O)cc1. The number of imide groups is 1. The molecule has 1 aromatic rings. The van der Waals surface area contributed by atoms with E-state index in [2.05, 4.69) is 14.9 Å². The Kier molecular flexibility index (Phi) is 4.51. The molecule has 2 rings (SSSR count). The summed E-state index contributed by atoms with van der Waals surface area (Å²) in [5.74, 6) is -3.05. The fraction of sp³-hybridized carbons (Fsp3) is 0.182. The van der Waals surface area contributed by atoms with Crippen LogP contribution in [-0.4, -0.2) is 36.9 Å². The van der Waals surface area contributed by atoms with E-state index in [1.165, 1.54) is 24.3 Å². The molecule has 2 atom stereocenters. The van der Waals surface area contributed by atoms with Gasteiger partial charge in [-0.25, -0.2) is 4.79 Å². The summed E-state index contributed by atoms with van der Waals surface area (Å²) in [6.07, 6.45) is -0.571. The lowest BCUT2D eigenvalue weighted by Crippen LogP contribution is -2.35. The predicted octanol–water partition coefficient (Wildman–Crippen LogP) is 0.707. The van der Waals surface area contributed by atoms with Crippen LogP contribution in [0.3, 0.4) is 0 Å². The zero-order chi connectivity index (χ0) is 16.3. The highest BCUT2D eigenvalue weighted by molar-refractivity contribution is 7.80. The van der Waals surface area contributed by atoms with Crippen molar-refractivity contribution in [3.05, 3.63) is 40.3 Å². The van der Waals surface area contributed by atoms with Crippen LogP contribution >= 0.6 is 0 Å². The smallest absolute Gasteiger partial charge is 0.363 e. The van der Waals surface area contributed by atoms with Crippen LogP contribution in [0.25, 0.3) is 10.4 Å². The van der Waals surface area contributed by atoms with Crippen molar-refractivity contribution >= 4 is 34.6 Å². The van der Waals surface area contributed by atoms with Gasteiger partial charge in [-0.05, 0) is 28.7 Å². The number of amides is 2. The summed E-state index contributed by atoms with van der Waals surface area (Å²) < 4.78 is 21.6. The van der Waals surface area contributed by atoms with Gasteiger partial charge in [0.05, 0.1) is 12.0 Å². The van der Waals surface area contributed by atoms with E-state index in [1.54, 1.807) is 0 Å². The largest absolute Gasteiger partial charge is 0.772 e. The average Bonchev–Trinajstić information content (AvgIpc) is 2.76. The molecule has 22 heavy (non-hydrogen) atoms. The number of benzene rings is 1. The third-order valence-electron chi connectivity index (χ3n) is 2.73. The van der Waals surface area contributed by atoms with Gasteiger partial charge in [0.15, 0.2) is 0 Å². The normalized spacial score (nSPS) is 18.8. The molecule has 1 aliphatic heterocycles. The quantitative estimate of drug-likeness (QED) is 0.261. The van der Waals surface area contributed by atoms with Gasteiger partial charge in [0, 0.05) is 10.6 Å². The van der Waals surface area contributed by atoms with E-state index in [9.17, 15) is 23.1 Å². The van der Waals surface area contributed by atoms with Gasteiger partial charge in [0.25, 0.3) is 11.8 Å². The van der Waals surface area contributed by atoms with Crippen LogP contribution < -0.4 is 0 Å². The Hall–Kier alpha value is -2.75. The van der Waals surface area contributed by atoms with E-state index < -0.39 is 40.5 Å². The molecule has 2 amide bonds. The molecule has 1 saturated heterocycles. The van der Waals surface area contributed by atoms with Gasteiger partial charge in [-0.1, -0.05) is 17.2 Å². The van der Waals surface area contributed by atoms with Gasteiger partial charge in [-0.2, -0.15) is 0 Å². The van der Waals surface area contributed by atoms with E-state index >= 15 is 0 Å². The molecule has 2 unspecified atom stereocenters. The van der Waals surface area contributed by atoms with Gasteiger partial charge in [-0.15, -0.1) is 5.06 Å². The maximum absolute atomic E-state index is 11.8. The molecule has 0 saturated carbocycles. The number of rotatable bonds is 4. The van der Waals surface area contributed by atoms with Gasteiger partial charge >= 0.3 is 5.97 Å². The topological polar surface area (TPSA) is 153 Å². The number of hydrogen-bond donors (Lipinski definition) is 0. The van der Waals surface area contributed by atoms with E-state index in [1.807, 2.05) is 0 Å². The molecular formula is C11H7N4O6S-. The Balaban J connectivity index is 2.11. The van der Waals surface area contributed by atoms with Crippen molar-refractivity contribution in [3.63, 3.8) is 0 Å². The second-order valence-corrected chi connectivity index (χ2v) is 5.18. The molecule has 0 aliphatic carbocycles. The summed E-state index contributed by atoms with van der Waals surface area (Å²) in [6, 6.07) is 5.19. The standard InChI is InChI=1S/C11H8N4O6S/c12-14-13-7-3-1-6(2-4-7)11(18)21-15-9(16)5-8(10(15)17)22(19)20/h1-4,8H,5H2,(H,19,20)/p-1. The van der Waals surface area contributed by atoms with Crippen LogP contribution in [-0.2, 0) is 25.5 Å². The average molecular weight is 323 g/mol. The third-order valence-corrected chi connectivity index (χ3v) is 3.56. The van der Waals surface area contributed by atoms with Crippen LogP contribution in [0.15, 0.2) is 29.4 Å². The molecule has 0 bridgehead atoms. The summed E-state index contributed by atoms with van der Waals surface area (Å²) in [7, 11) is 0. The van der Waals surface area contributed by atoms with E-state index in [0.717, 1.165) is 0 Å². The van der Waals surface area contributed by atoms with Crippen LogP contribution in [0.4, 0.5) is 5.69 Å². The van der Waals surface area contributed by atoms with Crippen molar-refractivity contribution in [1.82, 2.24) is 5.06 Å². The summed E-state index contributed by atoms with van der Waals surface area (Å²) in [4.78, 5) is 42.1. The Morgan fingerprint density at radius 2 is 2.05 bits per heavy atom.